The summed E-state index contributed by atoms with van der Waals surface area (Å²) >= 11 is 1.61. The number of rotatable bonds is 5. The number of carbonyl (C=O) groups excluding carboxylic acids is 1. The van der Waals surface area contributed by atoms with Crippen molar-refractivity contribution in [3.05, 3.63) is 71.9 Å². The first-order valence-corrected chi connectivity index (χ1v) is 8.80. The topological polar surface area (TPSA) is 67.3 Å². The third-order valence-corrected chi connectivity index (χ3v) is 4.48. The minimum atomic E-state index is -1.50. The summed E-state index contributed by atoms with van der Waals surface area (Å²) < 4.78 is 0. The summed E-state index contributed by atoms with van der Waals surface area (Å²) in [7, 11) is 0. The van der Waals surface area contributed by atoms with Gasteiger partial charge < -0.3 is 5.11 Å². The van der Waals surface area contributed by atoms with E-state index in [-0.39, 0.29) is 5.57 Å². The average molecular weight is 349 g/mol. The molecule has 1 N–H and O–H groups in total. The summed E-state index contributed by atoms with van der Waals surface area (Å²) in [6.45, 7) is 0. The second-order valence-corrected chi connectivity index (χ2v) is 6.23. The SMILES string of the molecule is CSc1ccc(C=C(C(=O)C(=O)O)c2ccc3ccccc3n2)cc1. The van der Waals surface area contributed by atoms with Gasteiger partial charge >= 0.3 is 5.97 Å². The predicted octanol–water partition coefficient (Wildman–Crippen LogP) is 4.15. The maximum Gasteiger partial charge on any atom is 0.377 e. The van der Waals surface area contributed by atoms with Gasteiger partial charge in [0, 0.05) is 10.3 Å². The van der Waals surface area contributed by atoms with Gasteiger partial charge in [-0.05, 0) is 42.2 Å². The number of aliphatic carboxylic acids is 1. The highest BCUT2D eigenvalue weighted by Gasteiger charge is 2.21. The number of benzene rings is 2. The molecule has 2 aromatic carbocycles. The van der Waals surface area contributed by atoms with Gasteiger partial charge in [0.05, 0.1) is 16.8 Å². The van der Waals surface area contributed by atoms with E-state index in [1.807, 2.05) is 60.9 Å². The van der Waals surface area contributed by atoms with Gasteiger partial charge in [-0.2, -0.15) is 0 Å². The number of carbonyl (C=O) groups is 2. The third kappa shape index (κ3) is 3.78. The normalized spacial score (nSPS) is 11.5. The van der Waals surface area contributed by atoms with Gasteiger partial charge in [-0.1, -0.05) is 36.4 Å². The molecule has 0 amide bonds. The van der Waals surface area contributed by atoms with Crippen molar-refractivity contribution in [2.45, 2.75) is 4.90 Å². The van der Waals surface area contributed by atoms with Crippen molar-refractivity contribution >= 4 is 46.1 Å². The Balaban J connectivity index is 2.11. The molecule has 0 atom stereocenters. The van der Waals surface area contributed by atoms with Crippen LogP contribution in [0, 0.1) is 0 Å². The van der Waals surface area contributed by atoms with Crippen LogP contribution in [0.25, 0.3) is 22.6 Å². The molecule has 0 fully saturated rings. The van der Waals surface area contributed by atoms with Crippen LogP contribution in [-0.2, 0) is 9.59 Å². The van der Waals surface area contributed by atoms with Crippen molar-refractivity contribution in [1.29, 1.82) is 0 Å². The lowest BCUT2D eigenvalue weighted by molar-refractivity contribution is -0.146. The molecule has 1 heterocycles. The van der Waals surface area contributed by atoms with Crippen molar-refractivity contribution in [3.8, 4) is 0 Å². The lowest BCUT2D eigenvalue weighted by Crippen LogP contribution is -2.15. The zero-order valence-corrected chi connectivity index (χ0v) is 14.3. The van der Waals surface area contributed by atoms with Crippen LogP contribution in [0.1, 0.15) is 11.3 Å². The molecule has 0 unspecified atom stereocenters. The standard InChI is InChI=1S/C20H15NO3S/c1-25-15-9-6-13(7-10-15)12-16(19(22)20(23)24)18-11-8-14-4-2-3-5-17(14)21-18/h2-12H,1H3,(H,23,24). The second-order valence-electron chi connectivity index (χ2n) is 5.35. The fraction of sp³-hybridized carbons (Fsp3) is 0.0500. The van der Waals surface area contributed by atoms with Crippen LogP contribution < -0.4 is 0 Å². The second kappa shape index (κ2) is 7.32. The van der Waals surface area contributed by atoms with Gasteiger partial charge in [0.1, 0.15) is 0 Å². The molecular weight excluding hydrogens is 334 g/mol. The molecule has 0 aliphatic carbocycles. The zero-order chi connectivity index (χ0) is 17.8. The number of aromatic nitrogens is 1. The van der Waals surface area contributed by atoms with E-state index in [0.29, 0.717) is 11.2 Å². The van der Waals surface area contributed by atoms with E-state index < -0.39 is 11.8 Å². The van der Waals surface area contributed by atoms with E-state index >= 15 is 0 Å². The first-order chi connectivity index (χ1) is 12.1. The molecule has 3 aromatic rings. The summed E-state index contributed by atoms with van der Waals surface area (Å²) in [4.78, 5) is 29.0. The van der Waals surface area contributed by atoms with Gasteiger partial charge in [-0.3, -0.25) is 4.79 Å². The molecule has 0 aliphatic rings. The highest BCUT2D eigenvalue weighted by Crippen LogP contribution is 2.22. The van der Waals surface area contributed by atoms with Crippen molar-refractivity contribution in [2.24, 2.45) is 0 Å². The first kappa shape index (κ1) is 16.9. The van der Waals surface area contributed by atoms with E-state index in [2.05, 4.69) is 4.98 Å². The monoisotopic (exact) mass is 349 g/mol. The van der Waals surface area contributed by atoms with Crippen molar-refractivity contribution in [2.75, 3.05) is 6.26 Å². The van der Waals surface area contributed by atoms with Crippen LogP contribution in [0.4, 0.5) is 0 Å². The maximum absolute atomic E-state index is 12.2. The number of hydrogen-bond acceptors (Lipinski definition) is 4. The summed E-state index contributed by atoms with van der Waals surface area (Å²) in [5, 5.41) is 10.1. The van der Waals surface area contributed by atoms with Gasteiger partial charge in [0.15, 0.2) is 0 Å². The summed E-state index contributed by atoms with van der Waals surface area (Å²) in [5.74, 6) is -2.47. The van der Waals surface area contributed by atoms with Crippen LogP contribution in [0.3, 0.4) is 0 Å². The molecule has 0 radical (unpaired) electrons. The number of fused-ring (bicyclic) bond motifs is 1. The minimum Gasteiger partial charge on any atom is -0.475 e. The number of pyridine rings is 1. The fourth-order valence-corrected chi connectivity index (χ4v) is 2.86. The molecule has 5 heteroatoms. The van der Waals surface area contributed by atoms with Crippen molar-refractivity contribution in [3.63, 3.8) is 0 Å². The smallest absolute Gasteiger partial charge is 0.377 e. The molecule has 124 valence electrons. The Bertz CT molecular complexity index is 978. The molecule has 1 aromatic heterocycles. The Kier molecular flexibility index (Phi) is 4.95. The largest absolute Gasteiger partial charge is 0.475 e. The Morgan fingerprint density at radius 2 is 1.72 bits per heavy atom. The molecule has 0 saturated carbocycles. The fourth-order valence-electron chi connectivity index (χ4n) is 2.45. The molecule has 0 saturated heterocycles. The first-order valence-electron chi connectivity index (χ1n) is 7.58. The lowest BCUT2D eigenvalue weighted by Gasteiger charge is -2.06. The number of nitrogens with zero attached hydrogens (tertiary/aromatic N) is 1. The summed E-state index contributed by atoms with van der Waals surface area (Å²) in [5.41, 5.74) is 1.87. The average Bonchev–Trinajstić information content (AvgIpc) is 2.65. The third-order valence-electron chi connectivity index (χ3n) is 3.74. The van der Waals surface area contributed by atoms with E-state index in [1.54, 1.807) is 23.9 Å². The number of Topliss-reactive ketones (excluding diaryl/α,β-unsaturated/α-hetero) is 1. The van der Waals surface area contributed by atoms with E-state index in [0.717, 1.165) is 15.8 Å². The molecule has 0 spiro atoms. The number of hydrogen-bond donors (Lipinski definition) is 1. The van der Waals surface area contributed by atoms with Gasteiger partial charge in [-0.15, -0.1) is 11.8 Å². The number of carboxylic acids is 1. The Labute approximate surface area is 149 Å². The van der Waals surface area contributed by atoms with Crippen LogP contribution in [0.15, 0.2) is 65.6 Å². The Hall–Kier alpha value is -2.92. The molecule has 0 bridgehead atoms. The minimum absolute atomic E-state index is 0.0650. The number of thioether (sulfide) groups is 1. The van der Waals surface area contributed by atoms with Crippen molar-refractivity contribution < 1.29 is 14.7 Å². The summed E-state index contributed by atoms with van der Waals surface area (Å²) in [6.07, 6.45) is 3.54. The molecule has 25 heavy (non-hydrogen) atoms. The Morgan fingerprint density at radius 3 is 2.40 bits per heavy atom. The number of ketones is 1. The van der Waals surface area contributed by atoms with Gasteiger partial charge in [0.25, 0.3) is 5.78 Å². The molecule has 4 nitrogen and oxygen atoms in total. The lowest BCUT2D eigenvalue weighted by atomic mass is 10.0. The van der Waals surface area contributed by atoms with Crippen LogP contribution in [-0.4, -0.2) is 28.1 Å². The van der Waals surface area contributed by atoms with Crippen molar-refractivity contribution in [1.82, 2.24) is 4.98 Å². The zero-order valence-electron chi connectivity index (χ0n) is 13.5. The molecule has 0 aliphatic heterocycles. The quantitative estimate of drug-likeness (QED) is 0.426. The number of para-hydroxylation sites is 1. The van der Waals surface area contributed by atoms with E-state index in [9.17, 15) is 9.59 Å². The van der Waals surface area contributed by atoms with Crippen LogP contribution in [0.2, 0.25) is 0 Å². The molecule has 3 rings (SSSR count). The van der Waals surface area contributed by atoms with Gasteiger partial charge in [0.2, 0.25) is 0 Å². The maximum atomic E-state index is 12.2. The Morgan fingerprint density at radius 1 is 1.00 bits per heavy atom. The summed E-state index contributed by atoms with van der Waals surface area (Å²) in [6, 6.07) is 18.5. The van der Waals surface area contributed by atoms with Crippen LogP contribution in [0.5, 0.6) is 0 Å². The highest BCUT2D eigenvalue weighted by atomic mass is 32.2. The molecular formula is C20H15NO3S. The predicted molar refractivity (Wildman–Crippen MR) is 100 cm³/mol. The highest BCUT2D eigenvalue weighted by molar-refractivity contribution is 7.98. The van der Waals surface area contributed by atoms with Gasteiger partial charge in [-0.25, -0.2) is 9.78 Å². The van der Waals surface area contributed by atoms with Crippen LogP contribution >= 0.6 is 11.8 Å². The van der Waals surface area contributed by atoms with E-state index in [4.69, 9.17) is 5.11 Å². The van der Waals surface area contributed by atoms with E-state index in [1.165, 1.54) is 0 Å². The number of carboxylic acid groups (broad SMARTS) is 1.